The molecule has 0 saturated heterocycles. The van der Waals surface area contributed by atoms with Gasteiger partial charge in [0.25, 0.3) is 0 Å². The summed E-state index contributed by atoms with van der Waals surface area (Å²) in [6.45, 7) is 4.70. The van der Waals surface area contributed by atoms with Crippen LogP contribution in [-0.4, -0.2) is 16.0 Å². The molecule has 1 N–H and O–H groups in total. The van der Waals surface area contributed by atoms with Gasteiger partial charge in [0.2, 0.25) is 0 Å². The fraction of sp³-hybridized carbons (Fsp3) is 0.714. The standard InChI is InChI=1S/C14H23N3/c1-11(2)12-4-3-5-13(7-6-12)17-14-8-15-10-16-9-14/h8-13,17H,3-7H2,1-2H3. The monoisotopic (exact) mass is 233 g/mol. The number of nitrogens with one attached hydrogen (secondary N) is 1. The van der Waals surface area contributed by atoms with E-state index in [0.717, 1.165) is 17.5 Å². The summed E-state index contributed by atoms with van der Waals surface area (Å²) in [5.41, 5.74) is 1.06. The highest BCUT2D eigenvalue weighted by atomic mass is 15.0. The molecule has 1 aliphatic rings. The molecule has 94 valence electrons. The summed E-state index contributed by atoms with van der Waals surface area (Å²) in [5, 5.41) is 3.56. The van der Waals surface area contributed by atoms with Crippen molar-refractivity contribution in [2.45, 2.75) is 52.0 Å². The van der Waals surface area contributed by atoms with Crippen LogP contribution in [0.15, 0.2) is 18.7 Å². The molecular weight excluding hydrogens is 210 g/mol. The molecule has 1 aromatic rings. The lowest BCUT2D eigenvalue weighted by Crippen LogP contribution is -2.19. The third-order valence-corrected chi connectivity index (χ3v) is 3.89. The van der Waals surface area contributed by atoms with Gasteiger partial charge in [-0.2, -0.15) is 0 Å². The topological polar surface area (TPSA) is 37.8 Å². The highest BCUT2D eigenvalue weighted by Crippen LogP contribution is 2.29. The van der Waals surface area contributed by atoms with Crippen LogP contribution in [0.3, 0.4) is 0 Å². The Morgan fingerprint density at radius 1 is 1.12 bits per heavy atom. The van der Waals surface area contributed by atoms with Crippen LogP contribution < -0.4 is 5.32 Å². The maximum atomic E-state index is 4.04. The smallest absolute Gasteiger partial charge is 0.115 e. The molecule has 2 unspecified atom stereocenters. The number of anilines is 1. The summed E-state index contributed by atoms with van der Waals surface area (Å²) in [5.74, 6) is 1.74. The van der Waals surface area contributed by atoms with Gasteiger partial charge in [0.15, 0.2) is 0 Å². The normalized spacial score (nSPS) is 25.6. The molecule has 1 saturated carbocycles. The SMILES string of the molecule is CC(C)C1CCCC(Nc2cncnc2)CC1. The molecule has 0 radical (unpaired) electrons. The van der Waals surface area contributed by atoms with E-state index in [9.17, 15) is 0 Å². The summed E-state index contributed by atoms with van der Waals surface area (Å²) in [6.07, 6.45) is 11.9. The lowest BCUT2D eigenvalue weighted by atomic mass is 9.89. The average Bonchev–Trinajstić information content (AvgIpc) is 2.56. The van der Waals surface area contributed by atoms with E-state index in [0.29, 0.717) is 6.04 Å². The maximum absolute atomic E-state index is 4.04. The van der Waals surface area contributed by atoms with E-state index in [-0.39, 0.29) is 0 Å². The molecule has 1 aliphatic carbocycles. The van der Waals surface area contributed by atoms with Gasteiger partial charge in [0.1, 0.15) is 6.33 Å². The summed E-state index contributed by atoms with van der Waals surface area (Å²) in [4.78, 5) is 8.09. The van der Waals surface area contributed by atoms with Gasteiger partial charge < -0.3 is 5.32 Å². The summed E-state index contributed by atoms with van der Waals surface area (Å²) >= 11 is 0. The van der Waals surface area contributed by atoms with Crippen molar-refractivity contribution in [1.82, 2.24) is 9.97 Å². The van der Waals surface area contributed by atoms with Crippen LogP contribution in [0.25, 0.3) is 0 Å². The first-order chi connectivity index (χ1) is 8.25. The second kappa shape index (κ2) is 5.99. The first-order valence-corrected chi connectivity index (χ1v) is 6.77. The predicted molar refractivity (Wildman–Crippen MR) is 70.9 cm³/mol. The van der Waals surface area contributed by atoms with Crippen molar-refractivity contribution in [3.8, 4) is 0 Å². The van der Waals surface area contributed by atoms with E-state index >= 15 is 0 Å². The van der Waals surface area contributed by atoms with Gasteiger partial charge in [-0.05, 0) is 31.1 Å². The Balaban J connectivity index is 1.87. The van der Waals surface area contributed by atoms with Gasteiger partial charge >= 0.3 is 0 Å². The van der Waals surface area contributed by atoms with Crippen molar-refractivity contribution in [3.05, 3.63) is 18.7 Å². The summed E-state index contributed by atoms with van der Waals surface area (Å²) in [6, 6.07) is 0.602. The minimum absolute atomic E-state index is 0.602. The third-order valence-electron chi connectivity index (χ3n) is 3.89. The third kappa shape index (κ3) is 3.69. The number of rotatable bonds is 3. The van der Waals surface area contributed by atoms with Crippen LogP contribution in [0.1, 0.15) is 46.0 Å². The van der Waals surface area contributed by atoms with Crippen LogP contribution in [0.2, 0.25) is 0 Å². The van der Waals surface area contributed by atoms with E-state index in [1.165, 1.54) is 32.1 Å². The van der Waals surface area contributed by atoms with Crippen LogP contribution in [0.4, 0.5) is 5.69 Å². The van der Waals surface area contributed by atoms with Gasteiger partial charge in [-0.1, -0.05) is 26.7 Å². The van der Waals surface area contributed by atoms with Crippen molar-refractivity contribution in [3.63, 3.8) is 0 Å². The summed E-state index contributed by atoms with van der Waals surface area (Å²) in [7, 11) is 0. The van der Waals surface area contributed by atoms with E-state index in [2.05, 4.69) is 29.1 Å². The highest BCUT2D eigenvalue weighted by molar-refractivity contribution is 5.38. The zero-order valence-electron chi connectivity index (χ0n) is 10.9. The lowest BCUT2D eigenvalue weighted by Gasteiger charge is -2.19. The fourth-order valence-corrected chi connectivity index (χ4v) is 2.75. The minimum Gasteiger partial charge on any atom is -0.380 e. The molecular formula is C14H23N3. The second-order valence-corrected chi connectivity index (χ2v) is 5.48. The molecule has 0 spiro atoms. The highest BCUT2D eigenvalue weighted by Gasteiger charge is 2.20. The van der Waals surface area contributed by atoms with E-state index in [1.807, 2.05) is 12.4 Å². The van der Waals surface area contributed by atoms with E-state index in [4.69, 9.17) is 0 Å². The summed E-state index contributed by atoms with van der Waals surface area (Å²) < 4.78 is 0. The molecule has 17 heavy (non-hydrogen) atoms. The maximum Gasteiger partial charge on any atom is 0.115 e. The van der Waals surface area contributed by atoms with Gasteiger partial charge in [-0.3, -0.25) is 0 Å². The molecule has 1 fully saturated rings. The second-order valence-electron chi connectivity index (χ2n) is 5.48. The van der Waals surface area contributed by atoms with Gasteiger partial charge in [0, 0.05) is 6.04 Å². The Hall–Kier alpha value is -1.12. The first kappa shape index (κ1) is 12.3. The van der Waals surface area contributed by atoms with Crippen LogP contribution in [0.5, 0.6) is 0 Å². The predicted octanol–water partition coefficient (Wildman–Crippen LogP) is 3.49. The molecule has 0 aliphatic heterocycles. The Morgan fingerprint density at radius 2 is 1.88 bits per heavy atom. The molecule has 0 bridgehead atoms. The van der Waals surface area contributed by atoms with Crippen LogP contribution in [0, 0.1) is 11.8 Å². The van der Waals surface area contributed by atoms with Crippen LogP contribution >= 0.6 is 0 Å². The fourth-order valence-electron chi connectivity index (χ4n) is 2.75. The average molecular weight is 233 g/mol. The van der Waals surface area contributed by atoms with Crippen molar-refractivity contribution < 1.29 is 0 Å². The van der Waals surface area contributed by atoms with Crippen molar-refractivity contribution >= 4 is 5.69 Å². The van der Waals surface area contributed by atoms with Gasteiger partial charge in [0.05, 0.1) is 18.1 Å². The Bertz CT molecular complexity index is 323. The number of aromatic nitrogens is 2. The molecule has 2 rings (SSSR count). The Morgan fingerprint density at radius 3 is 2.59 bits per heavy atom. The molecule has 0 amide bonds. The molecule has 3 heteroatoms. The minimum atomic E-state index is 0.602. The zero-order chi connectivity index (χ0) is 12.1. The molecule has 0 aromatic carbocycles. The van der Waals surface area contributed by atoms with Gasteiger partial charge in [-0.25, -0.2) is 9.97 Å². The quantitative estimate of drug-likeness (QED) is 0.812. The van der Waals surface area contributed by atoms with Gasteiger partial charge in [-0.15, -0.1) is 0 Å². The van der Waals surface area contributed by atoms with Crippen LogP contribution in [-0.2, 0) is 0 Å². The van der Waals surface area contributed by atoms with Crippen molar-refractivity contribution in [2.24, 2.45) is 11.8 Å². The number of hydrogen-bond acceptors (Lipinski definition) is 3. The van der Waals surface area contributed by atoms with E-state index in [1.54, 1.807) is 6.33 Å². The Labute approximate surface area is 104 Å². The number of hydrogen-bond donors (Lipinski definition) is 1. The number of nitrogens with zero attached hydrogens (tertiary/aromatic N) is 2. The lowest BCUT2D eigenvalue weighted by molar-refractivity contribution is 0.341. The molecule has 1 heterocycles. The van der Waals surface area contributed by atoms with Crippen molar-refractivity contribution in [2.75, 3.05) is 5.32 Å². The molecule has 3 nitrogen and oxygen atoms in total. The van der Waals surface area contributed by atoms with Crippen molar-refractivity contribution in [1.29, 1.82) is 0 Å². The first-order valence-electron chi connectivity index (χ1n) is 6.77. The zero-order valence-corrected chi connectivity index (χ0v) is 10.9. The molecule has 2 atom stereocenters. The largest absolute Gasteiger partial charge is 0.380 e. The van der Waals surface area contributed by atoms with E-state index < -0.39 is 0 Å². The Kier molecular flexibility index (Phi) is 4.35. The molecule has 1 aromatic heterocycles.